The molecule has 0 atom stereocenters. The molecule has 1 amide bonds. The minimum atomic E-state index is -0.856. The third kappa shape index (κ3) is 6.23. The fourth-order valence-corrected chi connectivity index (χ4v) is 3.55. The fraction of sp³-hybridized carbons (Fsp3) is 0.308. The second kappa shape index (κ2) is 10.7. The van der Waals surface area contributed by atoms with Crippen molar-refractivity contribution in [2.45, 2.75) is 40.2 Å². The first-order valence-corrected chi connectivity index (χ1v) is 10.9. The van der Waals surface area contributed by atoms with E-state index < -0.39 is 5.97 Å². The summed E-state index contributed by atoms with van der Waals surface area (Å²) < 4.78 is 7.91. The molecule has 0 unspecified atom stereocenters. The van der Waals surface area contributed by atoms with Gasteiger partial charge in [-0.3, -0.25) is 9.59 Å². The molecule has 3 aromatic rings. The van der Waals surface area contributed by atoms with E-state index in [4.69, 9.17) is 9.84 Å². The molecule has 32 heavy (non-hydrogen) atoms. The van der Waals surface area contributed by atoms with Gasteiger partial charge in [-0.05, 0) is 60.7 Å². The highest BCUT2D eigenvalue weighted by atomic mass is 16.5. The number of rotatable bonds is 10. The number of para-hydroxylation sites is 2. The van der Waals surface area contributed by atoms with Crippen LogP contribution >= 0.6 is 0 Å². The molecule has 2 aromatic carbocycles. The van der Waals surface area contributed by atoms with E-state index in [2.05, 4.69) is 48.1 Å². The maximum atomic E-state index is 12.6. The first-order chi connectivity index (χ1) is 15.3. The van der Waals surface area contributed by atoms with Gasteiger partial charge in [0.1, 0.15) is 5.75 Å². The number of ether oxygens (including phenoxy) is 1. The summed E-state index contributed by atoms with van der Waals surface area (Å²) in [6, 6.07) is 15.5. The van der Waals surface area contributed by atoms with E-state index in [1.54, 1.807) is 18.2 Å². The molecule has 6 heteroatoms. The lowest BCUT2D eigenvalue weighted by Gasteiger charge is -2.12. The van der Waals surface area contributed by atoms with Gasteiger partial charge in [-0.1, -0.05) is 32.0 Å². The number of carbonyl (C=O) groups excluding carboxylic acids is 1. The first kappa shape index (κ1) is 23.1. The van der Waals surface area contributed by atoms with Gasteiger partial charge in [-0.15, -0.1) is 0 Å². The van der Waals surface area contributed by atoms with Crippen LogP contribution in [0.15, 0.2) is 60.8 Å². The van der Waals surface area contributed by atoms with Crippen LogP contribution in [0.4, 0.5) is 5.69 Å². The van der Waals surface area contributed by atoms with Gasteiger partial charge >= 0.3 is 5.97 Å². The number of aliphatic carboxylic acids is 1. The van der Waals surface area contributed by atoms with Crippen molar-refractivity contribution in [2.75, 3.05) is 11.9 Å². The summed E-state index contributed by atoms with van der Waals surface area (Å²) in [5.41, 5.74) is 3.60. The lowest BCUT2D eigenvalue weighted by atomic mass is 10.0. The van der Waals surface area contributed by atoms with E-state index >= 15 is 0 Å². The molecule has 168 valence electrons. The Labute approximate surface area is 188 Å². The largest absolute Gasteiger partial charge is 0.491 e. The predicted octanol–water partition coefficient (Wildman–Crippen LogP) is 5.58. The van der Waals surface area contributed by atoms with Gasteiger partial charge in [0.25, 0.3) is 0 Å². The molecule has 0 radical (unpaired) electrons. The number of carbonyl (C=O) groups is 2. The average Bonchev–Trinajstić information content (AvgIpc) is 3.13. The van der Waals surface area contributed by atoms with E-state index in [-0.39, 0.29) is 18.9 Å². The number of benzene rings is 2. The lowest BCUT2D eigenvalue weighted by molar-refractivity contribution is -0.137. The number of amides is 1. The quantitative estimate of drug-likeness (QED) is 0.322. The molecule has 1 heterocycles. The Morgan fingerprint density at radius 2 is 1.94 bits per heavy atom. The van der Waals surface area contributed by atoms with Crippen molar-refractivity contribution >= 4 is 34.0 Å². The molecule has 0 spiro atoms. The number of hydrogen-bond acceptors (Lipinski definition) is 3. The van der Waals surface area contributed by atoms with E-state index in [1.807, 2.05) is 25.1 Å². The van der Waals surface area contributed by atoms with Crippen molar-refractivity contribution in [3.05, 3.63) is 66.4 Å². The van der Waals surface area contributed by atoms with Crippen LogP contribution in [-0.4, -0.2) is 28.2 Å². The number of anilines is 1. The van der Waals surface area contributed by atoms with Crippen LogP contribution in [0.5, 0.6) is 5.75 Å². The Morgan fingerprint density at radius 3 is 2.69 bits per heavy atom. The van der Waals surface area contributed by atoms with Crippen molar-refractivity contribution in [3.63, 3.8) is 0 Å². The average molecular weight is 435 g/mol. The van der Waals surface area contributed by atoms with Crippen LogP contribution in [0, 0.1) is 5.92 Å². The Bertz CT molecular complexity index is 1130. The number of aromatic nitrogens is 1. The van der Waals surface area contributed by atoms with Gasteiger partial charge in [-0.25, -0.2) is 0 Å². The minimum Gasteiger partial charge on any atom is -0.491 e. The van der Waals surface area contributed by atoms with Crippen LogP contribution in [0.1, 0.15) is 39.2 Å². The summed E-state index contributed by atoms with van der Waals surface area (Å²) >= 11 is 0. The Kier molecular flexibility index (Phi) is 7.71. The zero-order chi connectivity index (χ0) is 23.1. The molecule has 0 aliphatic rings. The molecule has 3 rings (SSSR count). The molecule has 0 bridgehead atoms. The number of hydrogen-bond donors (Lipinski definition) is 2. The number of fused-ring (bicyclic) bond motifs is 1. The Hall–Kier alpha value is -3.54. The molecular weight excluding hydrogens is 404 g/mol. The maximum Gasteiger partial charge on any atom is 0.303 e. The highest BCUT2D eigenvalue weighted by molar-refractivity contribution is 6.04. The SMILES string of the molecule is C/C(=C\C(=O)Nc1ccccc1OCCCC(=O)O)c1ccc2c(ccn2CC(C)C)c1. The highest BCUT2D eigenvalue weighted by Crippen LogP contribution is 2.26. The van der Waals surface area contributed by atoms with Gasteiger partial charge < -0.3 is 19.7 Å². The maximum absolute atomic E-state index is 12.6. The summed E-state index contributed by atoms with van der Waals surface area (Å²) in [6.07, 6.45) is 4.13. The molecule has 2 N–H and O–H groups in total. The van der Waals surface area contributed by atoms with Crippen molar-refractivity contribution in [2.24, 2.45) is 5.92 Å². The molecule has 6 nitrogen and oxygen atoms in total. The van der Waals surface area contributed by atoms with Gasteiger partial charge in [0.15, 0.2) is 0 Å². The van der Waals surface area contributed by atoms with Crippen molar-refractivity contribution in [1.82, 2.24) is 4.57 Å². The van der Waals surface area contributed by atoms with Crippen LogP contribution in [0.3, 0.4) is 0 Å². The highest BCUT2D eigenvalue weighted by Gasteiger charge is 2.09. The van der Waals surface area contributed by atoms with E-state index in [0.717, 1.165) is 23.1 Å². The zero-order valence-electron chi connectivity index (χ0n) is 18.8. The standard InChI is InChI=1S/C26H30N2O4/c1-18(2)17-28-13-12-21-16-20(10-11-23(21)28)19(3)15-25(29)27-22-7-4-5-8-24(22)32-14-6-9-26(30)31/h4-5,7-8,10-13,15-16,18H,6,9,14,17H2,1-3H3,(H,27,29)(H,30,31)/b19-15+. The third-order valence-electron chi connectivity index (χ3n) is 5.07. The molecule has 0 aliphatic carbocycles. The summed E-state index contributed by atoms with van der Waals surface area (Å²) in [5.74, 6) is -0.0168. The van der Waals surface area contributed by atoms with Gasteiger partial charge in [0, 0.05) is 36.1 Å². The van der Waals surface area contributed by atoms with Crippen LogP contribution in [0.25, 0.3) is 16.5 Å². The number of carboxylic acids is 1. The molecule has 0 fully saturated rings. The second-order valence-electron chi connectivity index (χ2n) is 8.29. The summed E-state index contributed by atoms with van der Waals surface area (Å²) in [7, 11) is 0. The van der Waals surface area contributed by atoms with Gasteiger partial charge in [0.05, 0.1) is 12.3 Å². The topological polar surface area (TPSA) is 80.6 Å². The fourth-order valence-electron chi connectivity index (χ4n) is 3.55. The number of nitrogens with one attached hydrogen (secondary N) is 1. The van der Waals surface area contributed by atoms with E-state index in [0.29, 0.717) is 23.8 Å². The molecule has 0 aliphatic heterocycles. The normalized spacial score (nSPS) is 11.7. The Balaban J connectivity index is 1.68. The number of nitrogens with zero attached hydrogens (tertiary/aromatic N) is 1. The first-order valence-electron chi connectivity index (χ1n) is 10.9. The molecule has 0 saturated carbocycles. The molecule has 1 aromatic heterocycles. The molecular formula is C26H30N2O4. The van der Waals surface area contributed by atoms with Crippen LogP contribution < -0.4 is 10.1 Å². The monoisotopic (exact) mass is 434 g/mol. The Morgan fingerprint density at radius 1 is 1.16 bits per heavy atom. The second-order valence-corrected chi connectivity index (χ2v) is 8.29. The molecule has 0 saturated heterocycles. The predicted molar refractivity (Wildman–Crippen MR) is 128 cm³/mol. The minimum absolute atomic E-state index is 0.0433. The summed E-state index contributed by atoms with van der Waals surface area (Å²) in [6.45, 7) is 7.55. The summed E-state index contributed by atoms with van der Waals surface area (Å²) in [5, 5.41) is 12.7. The van der Waals surface area contributed by atoms with Crippen molar-refractivity contribution < 1.29 is 19.4 Å². The summed E-state index contributed by atoms with van der Waals surface area (Å²) in [4.78, 5) is 23.3. The van der Waals surface area contributed by atoms with Crippen LogP contribution in [-0.2, 0) is 16.1 Å². The van der Waals surface area contributed by atoms with Gasteiger partial charge in [0.2, 0.25) is 5.91 Å². The van der Waals surface area contributed by atoms with E-state index in [9.17, 15) is 9.59 Å². The van der Waals surface area contributed by atoms with Crippen molar-refractivity contribution in [3.8, 4) is 5.75 Å². The lowest BCUT2D eigenvalue weighted by Crippen LogP contribution is -2.11. The number of carboxylic acid groups (broad SMARTS) is 1. The third-order valence-corrected chi connectivity index (χ3v) is 5.07. The van der Waals surface area contributed by atoms with Crippen LogP contribution in [0.2, 0.25) is 0 Å². The zero-order valence-corrected chi connectivity index (χ0v) is 18.8. The van der Waals surface area contributed by atoms with Gasteiger partial charge in [-0.2, -0.15) is 0 Å². The number of allylic oxidation sites excluding steroid dienone is 1. The smallest absolute Gasteiger partial charge is 0.303 e. The van der Waals surface area contributed by atoms with E-state index in [1.165, 1.54) is 5.52 Å². The van der Waals surface area contributed by atoms with Crippen molar-refractivity contribution in [1.29, 1.82) is 0 Å².